The van der Waals surface area contributed by atoms with E-state index in [2.05, 4.69) is 32.7 Å². The predicted molar refractivity (Wildman–Crippen MR) is 134 cm³/mol. The summed E-state index contributed by atoms with van der Waals surface area (Å²) in [5.41, 5.74) is 2.87. The van der Waals surface area contributed by atoms with Crippen LogP contribution in [0.4, 0.5) is 0 Å². The van der Waals surface area contributed by atoms with Gasteiger partial charge in [-0.25, -0.2) is 19.6 Å². The van der Waals surface area contributed by atoms with Crippen molar-refractivity contribution in [3.63, 3.8) is 0 Å². The predicted octanol–water partition coefficient (Wildman–Crippen LogP) is 2.72. The van der Waals surface area contributed by atoms with Crippen LogP contribution < -0.4 is 11.0 Å². The van der Waals surface area contributed by atoms with Crippen molar-refractivity contribution in [2.24, 2.45) is 0 Å². The van der Waals surface area contributed by atoms with Gasteiger partial charge in [0.05, 0.1) is 35.3 Å². The molecule has 10 heteroatoms. The highest BCUT2D eigenvalue weighted by Gasteiger charge is 2.43. The van der Waals surface area contributed by atoms with Gasteiger partial charge in [0.15, 0.2) is 5.82 Å². The summed E-state index contributed by atoms with van der Waals surface area (Å²) in [5, 5.41) is 13.6. The molecule has 4 heterocycles. The fourth-order valence-electron chi connectivity index (χ4n) is 3.67. The standard InChI is InChI=1S/C26H21BN6O3/c1-17-26(2,3)36-27(35-17)20-14-29-25(30-15-20)23-9-5-8-21(31-23)16-33-24(34)11-10-22(32-33)19-7-4-6-18(12-19)13-28/h4-12,14-15H,1,16H2,2-3H3. The van der Waals surface area contributed by atoms with Crippen molar-refractivity contribution in [3.05, 3.63) is 101 Å². The number of nitriles is 1. The quantitative estimate of drug-likeness (QED) is 0.404. The average Bonchev–Trinajstić information content (AvgIpc) is 3.17. The Balaban J connectivity index is 1.37. The van der Waals surface area contributed by atoms with E-state index in [1.54, 1.807) is 42.7 Å². The number of aromatic nitrogens is 5. The molecule has 0 unspecified atom stereocenters. The Labute approximate surface area is 207 Å². The van der Waals surface area contributed by atoms with Crippen LogP contribution in [0.2, 0.25) is 0 Å². The first-order valence-corrected chi connectivity index (χ1v) is 11.2. The third-order valence-corrected chi connectivity index (χ3v) is 5.77. The van der Waals surface area contributed by atoms with Crippen LogP contribution in [-0.4, -0.2) is 37.5 Å². The smallest absolute Gasteiger partial charge is 0.534 e. The summed E-state index contributed by atoms with van der Waals surface area (Å²) in [7, 11) is -0.611. The molecule has 0 N–H and O–H groups in total. The molecule has 0 aliphatic carbocycles. The zero-order valence-electron chi connectivity index (χ0n) is 19.8. The van der Waals surface area contributed by atoms with Gasteiger partial charge in [-0.05, 0) is 44.2 Å². The van der Waals surface area contributed by atoms with Gasteiger partial charge in [0.2, 0.25) is 0 Å². The molecular formula is C26H21BN6O3. The molecule has 1 aliphatic rings. The molecule has 9 nitrogen and oxygen atoms in total. The lowest BCUT2D eigenvalue weighted by atomic mass is 9.81. The van der Waals surface area contributed by atoms with Gasteiger partial charge in [0.25, 0.3) is 5.56 Å². The summed E-state index contributed by atoms with van der Waals surface area (Å²) >= 11 is 0. The maximum Gasteiger partial charge on any atom is 0.566 e. The van der Waals surface area contributed by atoms with Crippen LogP contribution in [0.5, 0.6) is 0 Å². The van der Waals surface area contributed by atoms with Crippen molar-refractivity contribution in [1.29, 1.82) is 5.26 Å². The first-order valence-electron chi connectivity index (χ1n) is 11.2. The second-order valence-corrected chi connectivity index (χ2v) is 8.76. The summed E-state index contributed by atoms with van der Waals surface area (Å²) in [6.07, 6.45) is 3.28. The molecule has 1 aliphatic heterocycles. The minimum absolute atomic E-state index is 0.164. The van der Waals surface area contributed by atoms with E-state index >= 15 is 0 Å². The Kier molecular flexibility index (Phi) is 5.92. The van der Waals surface area contributed by atoms with E-state index in [0.29, 0.717) is 39.7 Å². The van der Waals surface area contributed by atoms with Crippen molar-refractivity contribution in [2.75, 3.05) is 0 Å². The highest BCUT2D eigenvalue weighted by molar-refractivity contribution is 6.62. The molecule has 1 fully saturated rings. The van der Waals surface area contributed by atoms with E-state index in [4.69, 9.17) is 14.6 Å². The second-order valence-electron chi connectivity index (χ2n) is 8.76. The second kappa shape index (κ2) is 9.21. The van der Waals surface area contributed by atoms with Gasteiger partial charge >= 0.3 is 7.12 Å². The zero-order valence-corrected chi connectivity index (χ0v) is 19.8. The van der Waals surface area contributed by atoms with Gasteiger partial charge in [-0.1, -0.05) is 24.8 Å². The van der Waals surface area contributed by atoms with Gasteiger partial charge < -0.3 is 9.31 Å². The first-order chi connectivity index (χ1) is 17.3. The average molecular weight is 476 g/mol. The molecular weight excluding hydrogens is 455 g/mol. The molecule has 36 heavy (non-hydrogen) atoms. The fourth-order valence-corrected chi connectivity index (χ4v) is 3.67. The van der Waals surface area contributed by atoms with Crippen molar-refractivity contribution >= 4 is 12.6 Å². The first kappa shape index (κ1) is 23.1. The molecule has 4 aromatic rings. The number of hydrogen-bond donors (Lipinski definition) is 0. The number of rotatable bonds is 5. The monoisotopic (exact) mass is 476 g/mol. The number of pyridine rings is 1. The maximum atomic E-state index is 12.5. The van der Waals surface area contributed by atoms with E-state index in [-0.39, 0.29) is 12.1 Å². The SMILES string of the molecule is C=C1OB(c2cnc(-c3cccc(Cn4nc(-c5cccc(C#N)c5)ccc4=O)n3)nc2)OC1(C)C. The molecule has 0 bridgehead atoms. The summed E-state index contributed by atoms with van der Waals surface area (Å²) in [5.74, 6) is 0.982. The summed E-state index contributed by atoms with van der Waals surface area (Å²) in [6, 6.07) is 17.7. The Morgan fingerprint density at radius 1 is 1.08 bits per heavy atom. The van der Waals surface area contributed by atoms with Gasteiger partial charge in [-0.15, -0.1) is 0 Å². The minimum Gasteiger partial charge on any atom is -0.534 e. The van der Waals surface area contributed by atoms with Crippen molar-refractivity contribution in [3.8, 4) is 28.8 Å². The number of benzene rings is 1. The van der Waals surface area contributed by atoms with Crippen LogP contribution in [0.25, 0.3) is 22.8 Å². The van der Waals surface area contributed by atoms with E-state index in [1.165, 1.54) is 10.7 Å². The molecule has 1 saturated heterocycles. The topological polar surface area (TPSA) is 116 Å². The molecule has 0 radical (unpaired) electrons. The molecule has 0 atom stereocenters. The molecule has 0 spiro atoms. The highest BCUT2D eigenvalue weighted by Crippen LogP contribution is 2.29. The Morgan fingerprint density at radius 2 is 1.86 bits per heavy atom. The van der Waals surface area contributed by atoms with E-state index in [1.807, 2.05) is 32.0 Å². The third-order valence-electron chi connectivity index (χ3n) is 5.77. The van der Waals surface area contributed by atoms with Gasteiger partial charge in [0, 0.05) is 29.5 Å². The summed E-state index contributed by atoms with van der Waals surface area (Å²) < 4.78 is 12.9. The van der Waals surface area contributed by atoms with E-state index < -0.39 is 12.7 Å². The highest BCUT2D eigenvalue weighted by atomic mass is 16.7. The van der Waals surface area contributed by atoms with Crippen molar-refractivity contribution in [1.82, 2.24) is 24.7 Å². The lowest BCUT2D eigenvalue weighted by Crippen LogP contribution is -2.35. The van der Waals surface area contributed by atoms with Crippen LogP contribution in [0.3, 0.4) is 0 Å². The molecule has 5 rings (SSSR count). The Morgan fingerprint density at radius 3 is 2.58 bits per heavy atom. The fraction of sp³-hybridized carbons (Fsp3) is 0.154. The number of nitrogens with zero attached hydrogens (tertiary/aromatic N) is 6. The van der Waals surface area contributed by atoms with Gasteiger partial charge in [-0.3, -0.25) is 4.79 Å². The summed E-state index contributed by atoms with van der Waals surface area (Å²) in [4.78, 5) is 26.0. The van der Waals surface area contributed by atoms with Gasteiger partial charge in [0.1, 0.15) is 11.3 Å². The lowest BCUT2D eigenvalue weighted by molar-refractivity contribution is 0.173. The Hall–Kier alpha value is -4.62. The number of hydrogen-bond acceptors (Lipinski definition) is 8. The summed E-state index contributed by atoms with van der Waals surface area (Å²) in [6.45, 7) is 7.83. The van der Waals surface area contributed by atoms with E-state index in [0.717, 1.165) is 5.56 Å². The van der Waals surface area contributed by atoms with Crippen LogP contribution in [0.15, 0.2) is 84.1 Å². The Bertz CT molecular complexity index is 1560. The largest absolute Gasteiger partial charge is 0.566 e. The molecule has 0 amide bonds. The normalized spacial score (nSPS) is 14.4. The van der Waals surface area contributed by atoms with Crippen LogP contribution in [0, 0.1) is 11.3 Å². The van der Waals surface area contributed by atoms with Crippen LogP contribution >= 0.6 is 0 Å². The van der Waals surface area contributed by atoms with Crippen LogP contribution in [0.1, 0.15) is 25.1 Å². The molecule has 1 aromatic carbocycles. The molecule has 0 saturated carbocycles. The third kappa shape index (κ3) is 4.65. The van der Waals surface area contributed by atoms with Crippen molar-refractivity contribution < 1.29 is 9.31 Å². The lowest BCUT2D eigenvalue weighted by Gasteiger charge is -2.15. The molecule has 3 aromatic heterocycles. The van der Waals surface area contributed by atoms with Crippen LogP contribution in [-0.2, 0) is 15.9 Å². The maximum absolute atomic E-state index is 12.5. The van der Waals surface area contributed by atoms with Gasteiger partial charge in [-0.2, -0.15) is 10.4 Å². The minimum atomic E-state index is -0.611. The van der Waals surface area contributed by atoms with E-state index in [9.17, 15) is 4.79 Å². The van der Waals surface area contributed by atoms with Crippen molar-refractivity contribution in [2.45, 2.75) is 26.0 Å². The molecule has 176 valence electrons. The zero-order chi connectivity index (χ0) is 25.3.